The molecule has 1 saturated heterocycles. The van der Waals surface area contributed by atoms with Crippen LogP contribution in [-0.2, 0) is 23.4 Å². The Balaban J connectivity index is 1.87. The van der Waals surface area contributed by atoms with Crippen molar-refractivity contribution in [2.75, 3.05) is 13.2 Å². The van der Waals surface area contributed by atoms with Gasteiger partial charge < -0.3 is 23.7 Å². The highest BCUT2D eigenvalue weighted by Gasteiger charge is 2.46. The first-order valence-corrected chi connectivity index (χ1v) is 17.2. The van der Waals surface area contributed by atoms with Crippen molar-refractivity contribution in [3.63, 3.8) is 0 Å². The molecule has 0 aromatic carbocycles. The van der Waals surface area contributed by atoms with Crippen LogP contribution >= 0.6 is 0 Å². The lowest BCUT2D eigenvalue weighted by atomic mass is 9.91. The predicted molar refractivity (Wildman–Crippen MR) is 147 cm³/mol. The zero-order valence-electron chi connectivity index (χ0n) is 24.1. The van der Waals surface area contributed by atoms with E-state index in [2.05, 4.69) is 46.0 Å². The SMILES string of the molecule is CC(C)OC(=O)CCCCCC=CC[C@@H]1[C@@H](CO[Si](C)(C)C(C)(C)C)[C@H](OC2CCCCO2)C[C@@H]1O. The number of hydrogen-bond donors (Lipinski definition) is 1. The average molecular weight is 527 g/mol. The van der Waals surface area contributed by atoms with Crippen molar-refractivity contribution in [3.05, 3.63) is 12.2 Å². The summed E-state index contributed by atoms with van der Waals surface area (Å²) in [5.41, 5.74) is 0. The third-order valence-electron chi connectivity index (χ3n) is 8.10. The lowest BCUT2D eigenvalue weighted by Crippen LogP contribution is -2.44. The van der Waals surface area contributed by atoms with Crippen molar-refractivity contribution < 1.29 is 28.5 Å². The Hall–Kier alpha value is -0.733. The number of allylic oxidation sites excluding steroid dienone is 2. The Bertz CT molecular complexity index is 665. The molecule has 2 rings (SSSR count). The van der Waals surface area contributed by atoms with Crippen molar-refractivity contribution in [1.29, 1.82) is 0 Å². The summed E-state index contributed by atoms with van der Waals surface area (Å²) in [6, 6.07) is 0. The van der Waals surface area contributed by atoms with Gasteiger partial charge in [0.1, 0.15) is 0 Å². The molecule has 7 heteroatoms. The van der Waals surface area contributed by atoms with Gasteiger partial charge in [-0.1, -0.05) is 39.3 Å². The third-order valence-corrected chi connectivity index (χ3v) is 12.6. The molecule has 2 aliphatic rings. The van der Waals surface area contributed by atoms with Gasteiger partial charge in [-0.25, -0.2) is 0 Å². The van der Waals surface area contributed by atoms with Crippen molar-refractivity contribution in [3.8, 4) is 0 Å². The van der Waals surface area contributed by atoms with E-state index in [1.54, 1.807) is 0 Å². The Morgan fingerprint density at radius 2 is 1.86 bits per heavy atom. The molecular weight excluding hydrogens is 472 g/mol. The van der Waals surface area contributed by atoms with Gasteiger partial charge in [0.2, 0.25) is 0 Å². The Kier molecular flexibility index (Phi) is 13.1. The fourth-order valence-electron chi connectivity index (χ4n) is 4.80. The van der Waals surface area contributed by atoms with Gasteiger partial charge in [-0.3, -0.25) is 4.79 Å². The zero-order valence-corrected chi connectivity index (χ0v) is 25.1. The topological polar surface area (TPSA) is 74.2 Å². The molecule has 0 aromatic rings. The van der Waals surface area contributed by atoms with E-state index in [1.165, 1.54) is 0 Å². The van der Waals surface area contributed by atoms with E-state index in [0.29, 0.717) is 19.4 Å². The molecule has 1 unspecified atom stereocenters. The van der Waals surface area contributed by atoms with Crippen LogP contribution in [0.2, 0.25) is 18.1 Å². The first kappa shape index (κ1) is 31.5. The molecule has 0 radical (unpaired) electrons. The van der Waals surface area contributed by atoms with Crippen LogP contribution in [0.1, 0.15) is 98.8 Å². The standard InChI is InChI=1S/C29H54O6Si/c1-22(2)34-27(31)17-13-11-9-8-10-12-16-23-24(21-33-36(6,7)29(3,4)5)26(20-25(23)30)35-28-18-14-15-19-32-28/h10,12,22-26,28,30H,8-9,11,13-21H2,1-7H3/t23-,24-,25+,26-,28?/m1/s1. The summed E-state index contributed by atoms with van der Waals surface area (Å²) in [4.78, 5) is 11.6. The number of carbonyl (C=O) groups is 1. The van der Waals surface area contributed by atoms with Gasteiger partial charge in [0, 0.05) is 32.0 Å². The van der Waals surface area contributed by atoms with E-state index in [9.17, 15) is 9.90 Å². The second kappa shape index (κ2) is 15.0. The molecule has 1 aliphatic carbocycles. The number of carbonyl (C=O) groups excluding carboxylic acids is 1. The number of hydrogen-bond acceptors (Lipinski definition) is 6. The minimum atomic E-state index is -1.90. The van der Waals surface area contributed by atoms with Gasteiger partial charge in [0.25, 0.3) is 0 Å². The molecule has 36 heavy (non-hydrogen) atoms. The predicted octanol–water partition coefficient (Wildman–Crippen LogP) is 6.77. The van der Waals surface area contributed by atoms with E-state index in [-0.39, 0.29) is 47.4 Å². The molecule has 0 spiro atoms. The van der Waals surface area contributed by atoms with Crippen molar-refractivity contribution in [1.82, 2.24) is 0 Å². The van der Waals surface area contributed by atoms with Crippen LogP contribution in [0, 0.1) is 11.8 Å². The Labute approximate surface area is 221 Å². The first-order chi connectivity index (χ1) is 16.9. The third kappa shape index (κ3) is 10.6. The van der Waals surface area contributed by atoms with Gasteiger partial charge in [-0.15, -0.1) is 0 Å². The fraction of sp³-hybridized carbons (Fsp3) is 0.897. The van der Waals surface area contributed by atoms with Crippen molar-refractivity contribution in [2.45, 2.75) is 142 Å². The second-order valence-corrected chi connectivity index (χ2v) is 17.3. The molecule has 2 fully saturated rings. The van der Waals surface area contributed by atoms with Crippen LogP contribution in [0.5, 0.6) is 0 Å². The van der Waals surface area contributed by atoms with Crippen LogP contribution in [-0.4, -0.2) is 57.2 Å². The number of unbranched alkanes of at least 4 members (excludes halogenated alkanes) is 3. The van der Waals surface area contributed by atoms with Crippen LogP contribution in [0.25, 0.3) is 0 Å². The van der Waals surface area contributed by atoms with Gasteiger partial charge in [-0.05, 0) is 82.8 Å². The summed E-state index contributed by atoms with van der Waals surface area (Å²) in [5, 5.41) is 11.1. The van der Waals surface area contributed by atoms with Crippen LogP contribution in [0.3, 0.4) is 0 Å². The lowest BCUT2D eigenvalue weighted by molar-refractivity contribution is -0.197. The highest BCUT2D eigenvalue weighted by atomic mass is 28.4. The molecule has 5 atom stereocenters. The minimum absolute atomic E-state index is 0.0307. The molecule has 1 saturated carbocycles. The van der Waals surface area contributed by atoms with Crippen LogP contribution < -0.4 is 0 Å². The van der Waals surface area contributed by atoms with E-state index in [1.807, 2.05) is 13.8 Å². The molecule has 1 heterocycles. The van der Waals surface area contributed by atoms with Crippen molar-refractivity contribution >= 4 is 14.3 Å². The second-order valence-electron chi connectivity index (χ2n) is 12.5. The van der Waals surface area contributed by atoms with Crippen molar-refractivity contribution in [2.24, 2.45) is 11.8 Å². The molecule has 1 aliphatic heterocycles. The normalized spacial score (nSPS) is 27.8. The molecule has 1 N–H and O–H groups in total. The summed E-state index contributed by atoms with van der Waals surface area (Å²) in [5.74, 6) is 0.193. The smallest absolute Gasteiger partial charge is 0.306 e. The summed E-state index contributed by atoms with van der Waals surface area (Å²) in [6.45, 7) is 16.5. The summed E-state index contributed by atoms with van der Waals surface area (Å²) >= 11 is 0. The number of rotatable bonds is 14. The lowest BCUT2D eigenvalue weighted by Gasteiger charge is -2.38. The molecule has 0 bridgehead atoms. The zero-order chi connectivity index (χ0) is 26.8. The molecular formula is C29H54O6Si. The summed E-state index contributed by atoms with van der Waals surface area (Å²) in [7, 11) is -1.90. The number of aliphatic hydroxyl groups is 1. The van der Waals surface area contributed by atoms with E-state index < -0.39 is 8.32 Å². The quantitative estimate of drug-likeness (QED) is 0.117. The first-order valence-electron chi connectivity index (χ1n) is 14.3. The van der Waals surface area contributed by atoms with Crippen LogP contribution in [0.15, 0.2) is 12.2 Å². The highest BCUT2D eigenvalue weighted by Crippen LogP contribution is 2.42. The Morgan fingerprint density at radius 1 is 1.11 bits per heavy atom. The molecule has 6 nitrogen and oxygen atoms in total. The largest absolute Gasteiger partial charge is 0.463 e. The molecule has 0 aromatic heterocycles. The number of ether oxygens (including phenoxy) is 3. The van der Waals surface area contributed by atoms with Gasteiger partial charge in [-0.2, -0.15) is 0 Å². The maximum Gasteiger partial charge on any atom is 0.306 e. The average Bonchev–Trinajstić information content (AvgIpc) is 3.07. The minimum Gasteiger partial charge on any atom is -0.463 e. The maximum atomic E-state index is 11.6. The Morgan fingerprint density at radius 3 is 2.50 bits per heavy atom. The van der Waals surface area contributed by atoms with Gasteiger partial charge in [0.05, 0.1) is 18.3 Å². The number of aliphatic hydroxyl groups excluding tert-OH is 1. The number of esters is 1. The molecule has 210 valence electrons. The maximum absolute atomic E-state index is 11.6. The molecule has 0 amide bonds. The van der Waals surface area contributed by atoms with Gasteiger partial charge >= 0.3 is 5.97 Å². The fourth-order valence-corrected chi connectivity index (χ4v) is 5.85. The van der Waals surface area contributed by atoms with E-state index in [0.717, 1.165) is 58.0 Å². The monoisotopic (exact) mass is 526 g/mol. The van der Waals surface area contributed by atoms with E-state index >= 15 is 0 Å². The summed E-state index contributed by atoms with van der Waals surface area (Å²) < 4.78 is 24.1. The summed E-state index contributed by atoms with van der Waals surface area (Å²) in [6.07, 6.45) is 12.9. The highest BCUT2D eigenvalue weighted by molar-refractivity contribution is 6.74. The van der Waals surface area contributed by atoms with Crippen LogP contribution in [0.4, 0.5) is 0 Å². The van der Waals surface area contributed by atoms with Gasteiger partial charge in [0.15, 0.2) is 14.6 Å². The van der Waals surface area contributed by atoms with E-state index in [4.69, 9.17) is 18.6 Å².